The van der Waals surface area contributed by atoms with Crippen LogP contribution in [0.2, 0.25) is 0 Å². The van der Waals surface area contributed by atoms with Gasteiger partial charge in [0.1, 0.15) is 0 Å². The Kier molecular flexibility index (Phi) is 33.5. The first-order valence-electron chi connectivity index (χ1n) is 20.5. The summed E-state index contributed by atoms with van der Waals surface area (Å²) in [5.74, 6) is 0. The molecular formula is C42H81O7P. The van der Waals surface area contributed by atoms with Gasteiger partial charge in [-0.2, -0.15) is 0 Å². The van der Waals surface area contributed by atoms with Crippen LogP contribution < -0.4 is 0 Å². The Bertz CT molecular complexity index is 767. The Morgan fingerprint density at radius 1 is 0.420 bits per heavy atom. The van der Waals surface area contributed by atoms with E-state index in [4.69, 9.17) is 27.8 Å². The number of phosphoric acid groups is 1. The summed E-state index contributed by atoms with van der Waals surface area (Å²) in [7, 11) is -4.24. The summed E-state index contributed by atoms with van der Waals surface area (Å²) >= 11 is 0. The number of hydrogen-bond donors (Lipinski definition) is 0. The molecule has 0 N–H and O–H groups in total. The molecule has 296 valence electrons. The minimum Gasteiger partial charge on any atom is -0.348 e. The van der Waals surface area contributed by atoms with E-state index in [1.54, 1.807) is 0 Å². The minimum absolute atomic E-state index is 0.294. The zero-order valence-electron chi connectivity index (χ0n) is 33.8. The molecule has 50 heavy (non-hydrogen) atoms. The van der Waals surface area contributed by atoms with Crippen LogP contribution in [-0.2, 0) is 32.3 Å². The lowest BCUT2D eigenvalue weighted by molar-refractivity contribution is -0.158. The Morgan fingerprint density at radius 3 is 0.860 bits per heavy atom. The van der Waals surface area contributed by atoms with Crippen LogP contribution in [0.1, 0.15) is 196 Å². The zero-order valence-corrected chi connectivity index (χ0v) is 34.6. The van der Waals surface area contributed by atoms with Crippen molar-refractivity contribution in [3.8, 4) is 0 Å². The lowest BCUT2D eigenvalue weighted by Gasteiger charge is -2.30. The molecule has 0 rings (SSSR count). The topological polar surface area (TPSA) is 72.5 Å². The average molecular weight is 729 g/mol. The third-order valence-electron chi connectivity index (χ3n) is 8.42. The van der Waals surface area contributed by atoms with Gasteiger partial charge in [0.2, 0.25) is 0 Å². The quantitative estimate of drug-likeness (QED) is 0.0270. The smallest absolute Gasteiger partial charge is 0.348 e. The van der Waals surface area contributed by atoms with E-state index in [0.29, 0.717) is 39.1 Å². The average Bonchev–Trinajstić information content (AvgIpc) is 3.06. The summed E-state index contributed by atoms with van der Waals surface area (Å²) in [4.78, 5) is 0. The molecule has 0 bridgehead atoms. The van der Waals surface area contributed by atoms with Crippen molar-refractivity contribution >= 4 is 7.82 Å². The molecule has 3 unspecified atom stereocenters. The standard InChI is InChI=1S/C42H81O7P/c1-10-13-16-19-22-25-28-31-40(44-34-37(4)5)47-50(43,48-41(45-35-38(6)7)32-29-26-23-20-17-14-11-2)49-42(46-36-39(8)9)33-30-27-24-21-18-15-12-3/h40-42H,4,6,8,10-36H2,1-3,5,7,9H3. The van der Waals surface area contributed by atoms with Crippen LogP contribution in [0.4, 0.5) is 0 Å². The molecule has 0 spiro atoms. The Hall–Kier alpha value is -0.790. The lowest BCUT2D eigenvalue weighted by atomic mass is 10.1. The first-order valence-corrected chi connectivity index (χ1v) is 21.9. The van der Waals surface area contributed by atoms with Crippen molar-refractivity contribution in [2.75, 3.05) is 19.8 Å². The van der Waals surface area contributed by atoms with Crippen molar-refractivity contribution in [2.24, 2.45) is 0 Å². The van der Waals surface area contributed by atoms with Gasteiger partial charge in [0.15, 0.2) is 18.9 Å². The molecule has 0 aliphatic heterocycles. The molecular weight excluding hydrogens is 647 g/mol. The summed E-state index contributed by atoms with van der Waals surface area (Å²) in [5.41, 5.74) is 2.58. The van der Waals surface area contributed by atoms with Gasteiger partial charge in [-0.05, 0) is 59.3 Å². The van der Waals surface area contributed by atoms with Crippen molar-refractivity contribution in [1.82, 2.24) is 0 Å². The Balaban J connectivity index is 6.00. The molecule has 0 aliphatic carbocycles. The SMILES string of the molecule is C=C(C)COC(CCCCCCCCC)OP(=O)(OC(CCCCCCCCC)OCC(=C)C)OC(CCCCCCCCC)OCC(=C)C. The molecule has 0 aromatic carbocycles. The normalized spacial score (nSPS) is 14.7. The van der Waals surface area contributed by atoms with E-state index >= 15 is 0 Å². The van der Waals surface area contributed by atoms with E-state index in [-0.39, 0.29) is 0 Å². The van der Waals surface area contributed by atoms with E-state index in [9.17, 15) is 4.57 Å². The predicted octanol–water partition coefficient (Wildman–Crippen LogP) is 14.3. The maximum Gasteiger partial charge on any atom is 0.481 e. The zero-order chi connectivity index (χ0) is 37.3. The number of hydrogen-bond acceptors (Lipinski definition) is 7. The Labute approximate surface area is 310 Å². The highest BCUT2D eigenvalue weighted by Gasteiger charge is 2.38. The fourth-order valence-electron chi connectivity index (χ4n) is 5.52. The molecule has 0 heterocycles. The fraction of sp³-hybridized carbons (Fsp3) is 0.857. The van der Waals surface area contributed by atoms with Gasteiger partial charge in [0.05, 0.1) is 19.8 Å². The van der Waals surface area contributed by atoms with Crippen molar-refractivity contribution in [3.63, 3.8) is 0 Å². The van der Waals surface area contributed by atoms with E-state index in [0.717, 1.165) is 74.5 Å². The fourth-order valence-corrected chi connectivity index (χ4v) is 7.03. The summed E-state index contributed by atoms with van der Waals surface area (Å²) < 4.78 is 52.1. The second-order valence-corrected chi connectivity index (χ2v) is 16.1. The molecule has 0 saturated carbocycles. The molecule has 0 aromatic rings. The number of rotatable bonds is 39. The number of unbranched alkanes of at least 4 members (excludes halogenated alkanes) is 18. The van der Waals surface area contributed by atoms with Gasteiger partial charge < -0.3 is 14.2 Å². The number of ether oxygens (including phenoxy) is 3. The van der Waals surface area contributed by atoms with Gasteiger partial charge in [-0.15, -0.1) is 0 Å². The first kappa shape index (κ1) is 49.2. The van der Waals surface area contributed by atoms with Crippen LogP contribution in [0.3, 0.4) is 0 Å². The number of phosphoric ester groups is 1. The van der Waals surface area contributed by atoms with Gasteiger partial charge in [-0.1, -0.05) is 173 Å². The molecule has 0 amide bonds. The van der Waals surface area contributed by atoms with Crippen LogP contribution in [0, 0.1) is 0 Å². The highest BCUT2D eigenvalue weighted by atomic mass is 31.2. The van der Waals surface area contributed by atoms with Crippen molar-refractivity contribution in [1.29, 1.82) is 0 Å². The minimum atomic E-state index is -4.24. The van der Waals surface area contributed by atoms with Gasteiger partial charge in [-0.3, -0.25) is 13.6 Å². The molecule has 0 saturated heterocycles. The molecule has 0 aliphatic rings. The molecule has 0 aromatic heterocycles. The van der Waals surface area contributed by atoms with Crippen molar-refractivity contribution in [2.45, 2.75) is 215 Å². The summed E-state index contributed by atoms with van der Waals surface area (Å²) in [6.07, 6.45) is 23.6. The van der Waals surface area contributed by atoms with E-state index in [1.165, 1.54) is 77.0 Å². The summed E-state index contributed by atoms with van der Waals surface area (Å²) in [6.45, 7) is 25.3. The molecule has 0 fully saturated rings. The maximum absolute atomic E-state index is 14.8. The first-order chi connectivity index (χ1) is 24.0. The van der Waals surface area contributed by atoms with Gasteiger partial charge in [0, 0.05) is 0 Å². The third-order valence-corrected chi connectivity index (χ3v) is 9.90. The van der Waals surface area contributed by atoms with Crippen molar-refractivity contribution < 1.29 is 32.3 Å². The van der Waals surface area contributed by atoms with E-state index in [1.807, 2.05) is 20.8 Å². The molecule has 7 nitrogen and oxygen atoms in total. The van der Waals surface area contributed by atoms with Crippen LogP contribution >= 0.6 is 7.82 Å². The van der Waals surface area contributed by atoms with Crippen LogP contribution in [-0.4, -0.2) is 38.7 Å². The molecule has 0 radical (unpaired) electrons. The molecule has 8 heteroatoms. The monoisotopic (exact) mass is 729 g/mol. The third kappa shape index (κ3) is 31.9. The lowest BCUT2D eigenvalue weighted by Crippen LogP contribution is -2.26. The predicted molar refractivity (Wildman–Crippen MR) is 212 cm³/mol. The van der Waals surface area contributed by atoms with Gasteiger partial charge >= 0.3 is 7.82 Å². The summed E-state index contributed by atoms with van der Waals surface area (Å²) in [6, 6.07) is 0. The van der Waals surface area contributed by atoms with E-state index in [2.05, 4.69) is 40.5 Å². The largest absolute Gasteiger partial charge is 0.481 e. The van der Waals surface area contributed by atoms with Crippen LogP contribution in [0.5, 0.6) is 0 Å². The van der Waals surface area contributed by atoms with Crippen LogP contribution in [0.15, 0.2) is 36.5 Å². The van der Waals surface area contributed by atoms with Gasteiger partial charge in [0.25, 0.3) is 0 Å². The molecule has 3 atom stereocenters. The maximum atomic E-state index is 14.8. The Morgan fingerprint density at radius 2 is 0.640 bits per heavy atom. The van der Waals surface area contributed by atoms with Crippen molar-refractivity contribution in [3.05, 3.63) is 36.5 Å². The highest BCUT2D eigenvalue weighted by Crippen LogP contribution is 2.54. The van der Waals surface area contributed by atoms with Crippen LogP contribution in [0.25, 0.3) is 0 Å². The highest BCUT2D eigenvalue weighted by molar-refractivity contribution is 7.48. The van der Waals surface area contributed by atoms with Gasteiger partial charge in [-0.25, -0.2) is 4.57 Å². The van der Waals surface area contributed by atoms with E-state index < -0.39 is 26.7 Å². The second kappa shape index (κ2) is 34.0. The second-order valence-electron chi connectivity index (χ2n) is 14.6. The summed E-state index contributed by atoms with van der Waals surface area (Å²) in [5, 5.41) is 0.